The molecule has 0 spiro atoms. The molecule has 1 aromatic carbocycles. The van der Waals surface area contributed by atoms with Crippen molar-refractivity contribution in [3.63, 3.8) is 0 Å². The first-order valence-electron chi connectivity index (χ1n) is 5.00. The second kappa shape index (κ2) is 6.11. The highest BCUT2D eigenvalue weighted by Gasteiger charge is 2.18. The first kappa shape index (κ1) is 13.3. The second-order valence-corrected chi connectivity index (χ2v) is 3.79. The van der Waals surface area contributed by atoms with Crippen molar-refractivity contribution >= 4 is 23.6 Å². The third-order valence-corrected chi connectivity index (χ3v) is 2.35. The molecule has 0 saturated heterocycles. The van der Waals surface area contributed by atoms with Gasteiger partial charge in [0, 0.05) is 17.0 Å². The fourth-order valence-electron chi connectivity index (χ4n) is 1.29. The minimum absolute atomic E-state index is 0.231. The average molecular weight is 253 g/mol. The van der Waals surface area contributed by atoms with Crippen molar-refractivity contribution in [2.24, 2.45) is 0 Å². The van der Waals surface area contributed by atoms with Crippen LogP contribution in [0.3, 0.4) is 0 Å². The fourth-order valence-corrected chi connectivity index (χ4v) is 1.47. The summed E-state index contributed by atoms with van der Waals surface area (Å²) < 4.78 is 5.39. The van der Waals surface area contributed by atoms with Crippen LogP contribution in [0.2, 0.25) is 5.02 Å². The van der Waals surface area contributed by atoms with Crippen molar-refractivity contribution in [1.29, 1.82) is 0 Å². The van der Waals surface area contributed by atoms with Gasteiger partial charge in [-0.25, -0.2) is 4.79 Å². The van der Waals surface area contributed by atoms with Gasteiger partial charge in [0.25, 0.3) is 0 Å². The largest absolute Gasteiger partial charge is 0.478 e. The molecule has 0 bridgehead atoms. The zero-order valence-electron chi connectivity index (χ0n) is 9.23. The van der Waals surface area contributed by atoms with Crippen molar-refractivity contribution in [3.05, 3.63) is 48.0 Å². The molecule has 90 valence electrons. The normalized spacial score (nSPS) is 11.6. The van der Waals surface area contributed by atoms with E-state index in [4.69, 9.17) is 21.4 Å². The molecule has 0 radical (unpaired) electrons. The van der Waals surface area contributed by atoms with Crippen molar-refractivity contribution in [3.8, 4) is 5.75 Å². The molecule has 1 N–H and O–H groups in total. The minimum atomic E-state index is -1.03. The standard InChI is InChI=1S/C13H13ClO3/c1-3-5-12(13(15)16)17-11-7-6-10(14)8-9(11)4-2/h3-4,6-8,12H,1-2,5H2,(H,15,16). The molecular weight excluding hydrogens is 240 g/mol. The van der Waals surface area contributed by atoms with Gasteiger partial charge >= 0.3 is 5.97 Å². The SMILES string of the molecule is C=CCC(Oc1ccc(Cl)cc1C=C)C(=O)O. The molecule has 3 nitrogen and oxygen atoms in total. The van der Waals surface area contributed by atoms with Crippen molar-refractivity contribution in [2.75, 3.05) is 0 Å². The highest BCUT2D eigenvalue weighted by atomic mass is 35.5. The van der Waals surface area contributed by atoms with E-state index in [1.54, 1.807) is 24.3 Å². The molecule has 0 aromatic heterocycles. The van der Waals surface area contributed by atoms with Gasteiger partial charge in [-0.15, -0.1) is 6.58 Å². The zero-order chi connectivity index (χ0) is 12.8. The van der Waals surface area contributed by atoms with E-state index in [1.807, 2.05) is 0 Å². The van der Waals surface area contributed by atoms with E-state index >= 15 is 0 Å². The molecule has 1 atom stereocenters. The number of carboxylic acid groups (broad SMARTS) is 1. The number of carbonyl (C=O) groups is 1. The summed E-state index contributed by atoms with van der Waals surface area (Å²) >= 11 is 5.82. The van der Waals surface area contributed by atoms with E-state index in [-0.39, 0.29) is 6.42 Å². The van der Waals surface area contributed by atoms with E-state index in [2.05, 4.69) is 13.2 Å². The predicted octanol–water partition coefficient (Wildman–Crippen LogP) is 3.39. The first-order chi connectivity index (χ1) is 8.08. The quantitative estimate of drug-likeness (QED) is 0.790. The van der Waals surface area contributed by atoms with Crippen LogP contribution < -0.4 is 4.74 Å². The van der Waals surface area contributed by atoms with Gasteiger partial charge in [-0.1, -0.05) is 30.3 Å². The lowest BCUT2D eigenvalue weighted by Gasteiger charge is -2.15. The van der Waals surface area contributed by atoms with Gasteiger partial charge in [0.2, 0.25) is 0 Å². The molecule has 1 aromatic rings. The molecule has 0 amide bonds. The Morgan fingerprint density at radius 2 is 2.24 bits per heavy atom. The van der Waals surface area contributed by atoms with Crippen LogP contribution in [0.5, 0.6) is 5.75 Å². The maximum absolute atomic E-state index is 10.9. The minimum Gasteiger partial charge on any atom is -0.478 e. The Morgan fingerprint density at radius 1 is 1.53 bits per heavy atom. The van der Waals surface area contributed by atoms with Gasteiger partial charge in [-0.05, 0) is 18.2 Å². The number of benzene rings is 1. The number of hydrogen-bond donors (Lipinski definition) is 1. The number of rotatable bonds is 6. The molecule has 1 rings (SSSR count). The lowest BCUT2D eigenvalue weighted by atomic mass is 10.2. The Labute approximate surface area is 105 Å². The molecule has 4 heteroatoms. The Morgan fingerprint density at radius 3 is 2.76 bits per heavy atom. The molecule has 0 aliphatic carbocycles. The lowest BCUT2D eigenvalue weighted by Crippen LogP contribution is -2.26. The van der Waals surface area contributed by atoms with Crippen LogP contribution in [0.4, 0.5) is 0 Å². The maximum Gasteiger partial charge on any atom is 0.345 e. The highest BCUT2D eigenvalue weighted by molar-refractivity contribution is 6.30. The predicted molar refractivity (Wildman–Crippen MR) is 68.4 cm³/mol. The third-order valence-electron chi connectivity index (χ3n) is 2.12. The fraction of sp³-hybridized carbons (Fsp3) is 0.154. The Bertz CT molecular complexity index is 440. The summed E-state index contributed by atoms with van der Waals surface area (Å²) in [7, 11) is 0. The summed E-state index contributed by atoms with van der Waals surface area (Å²) in [4.78, 5) is 10.9. The van der Waals surface area contributed by atoms with Crippen molar-refractivity contribution in [1.82, 2.24) is 0 Å². The Balaban J connectivity index is 2.96. The van der Waals surface area contributed by atoms with Gasteiger partial charge < -0.3 is 9.84 Å². The summed E-state index contributed by atoms with van der Waals surface area (Å²) in [6.07, 6.45) is 2.34. The Kier molecular flexibility index (Phi) is 4.79. The number of hydrogen-bond acceptors (Lipinski definition) is 2. The van der Waals surface area contributed by atoms with Gasteiger partial charge in [-0.2, -0.15) is 0 Å². The van der Waals surface area contributed by atoms with Crippen molar-refractivity contribution in [2.45, 2.75) is 12.5 Å². The third kappa shape index (κ3) is 3.64. The van der Waals surface area contributed by atoms with E-state index in [9.17, 15) is 4.79 Å². The first-order valence-corrected chi connectivity index (χ1v) is 5.38. The van der Waals surface area contributed by atoms with Crippen LogP contribution in [-0.2, 0) is 4.79 Å². The number of carboxylic acids is 1. The average Bonchev–Trinajstić information content (AvgIpc) is 2.30. The molecule has 0 aliphatic rings. The summed E-state index contributed by atoms with van der Waals surface area (Å²) in [6, 6.07) is 4.92. The zero-order valence-corrected chi connectivity index (χ0v) is 9.98. The molecule has 0 saturated carbocycles. The van der Waals surface area contributed by atoms with Crippen LogP contribution in [0, 0.1) is 0 Å². The molecule has 0 heterocycles. The van der Waals surface area contributed by atoms with E-state index in [0.717, 1.165) is 0 Å². The van der Waals surface area contributed by atoms with Crippen LogP contribution >= 0.6 is 11.6 Å². The second-order valence-electron chi connectivity index (χ2n) is 3.36. The van der Waals surface area contributed by atoms with Gasteiger partial charge in [-0.3, -0.25) is 0 Å². The van der Waals surface area contributed by atoms with Crippen LogP contribution in [-0.4, -0.2) is 17.2 Å². The summed E-state index contributed by atoms with van der Waals surface area (Å²) in [6.45, 7) is 7.12. The smallest absolute Gasteiger partial charge is 0.345 e. The topological polar surface area (TPSA) is 46.5 Å². The number of ether oxygens (including phenoxy) is 1. The van der Waals surface area contributed by atoms with Crippen LogP contribution in [0.15, 0.2) is 37.4 Å². The van der Waals surface area contributed by atoms with E-state index < -0.39 is 12.1 Å². The van der Waals surface area contributed by atoms with E-state index in [0.29, 0.717) is 16.3 Å². The highest BCUT2D eigenvalue weighted by Crippen LogP contribution is 2.25. The van der Waals surface area contributed by atoms with Gasteiger partial charge in [0.15, 0.2) is 6.10 Å². The number of aliphatic carboxylic acids is 1. The van der Waals surface area contributed by atoms with Crippen LogP contribution in [0.1, 0.15) is 12.0 Å². The molecule has 0 fully saturated rings. The Hall–Kier alpha value is -1.74. The summed E-state index contributed by atoms with van der Waals surface area (Å²) in [5, 5.41) is 9.50. The molecule has 1 unspecified atom stereocenters. The maximum atomic E-state index is 10.9. The summed E-state index contributed by atoms with van der Waals surface area (Å²) in [5.74, 6) is -0.589. The van der Waals surface area contributed by atoms with Crippen molar-refractivity contribution < 1.29 is 14.6 Å². The molecule has 17 heavy (non-hydrogen) atoms. The van der Waals surface area contributed by atoms with Gasteiger partial charge in [0.05, 0.1) is 0 Å². The van der Waals surface area contributed by atoms with E-state index in [1.165, 1.54) is 6.08 Å². The molecular formula is C13H13ClO3. The lowest BCUT2D eigenvalue weighted by molar-refractivity contribution is -0.144. The van der Waals surface area contributed by atoms with Crippen LogP contribution in [0.25, 0.3) is 6.08 Å². The number of halogens is 1. The molecule has 0 aliphatic heterocycles. The summed E-state index contributed by atoms with van der Waals surface area (Å²) in [5.41, 5.74) is 0.660. The van der Waals surface area contributed by atoms with Gasteiger partial charge in [0.1, 0.15) is 5.75 Å². The monoisotopic (exact) mass is 252 g/mol.